The molecular weight excluding hydrogens is 292 g/mol. The van der Waals surface area contributed by atoms with Gasteiger partial charge in [0.15, 0.2) is 11.5 Å². The lowest BCUT2D eigenvalue weighted by atomic mass is 9.66. The Morgan fingerprint density at radius 2 is 2.00 bits per heavy atom. The number of alkyl halides is 2. The summed E-state index contributed by atoms with van der Waals surface area (Å²) in [5.41, 5.74) is 0.813. The van der Waals surface area contributed by atoms with Crippen LogP contribution in [0.3, 0.4) is 0 Å². The van der Waals surface area contributed by atoms with Gasteiger partial charge in [0, 0.05) is 24.3 Å². The van der Waals surface area contributed by atoms with Gasteiger partial charge in [-0.1, -0.05) is 6.07 Å². The van der Waals surface area contributed by atoms with Crippen molar-refractivity contribution >= 4 is 5.78 Å². The largest absolute Gasteiger partial charge is 0.586 e. The maximum Gasteiger partial charge on any atom is 0.586 e. The molecular formula is C16H17F2NO3. The van der Waals surface area contributed by atoms with Crippen LogP contribution in [0.15, 0.2) is 18.2 Å². The summed E-state index contributed by atoms with van der Waals surface area (Å²) in [5, 5.41) is 0. The molecule has 0 spiro atoms. The Morgan fingerprint density at radius 3 is 2.82 bits per heavy atom. The summed E-state index contributed by atoms with van der Waals surface area (Å²) < 4.78 is 35.4. The van der Waals surface area contributed by atoms with Gasteiger partial charge >= 0.3 is 6.29 Å². The molecule has 0 aromatic heterocycles. The molecule has 0 radical (unpaired) electrons. The van der Waals surface area contributed by atoms with Crippen molar-refractivity contribution in [3.05, 3.63) is 23.8 Å². The topological polar surface area (TPSA) is 38.8 Å². The highest BCUT2D eigenvalue weighted by Crippen LogP contribution is 2.50. The number of fused-ring (bicyclic) bond motifs is 2. The van der Waals surface area contributed by atoms with Crippen molar-refractivity contribution in [3.63, 3.8) is 0 Å². The molecule has 1 saturated heterocycles. The first-order valence-corrected chi connectivity index (χ1v) is 7.52. The zero-order chi connectivity index (χ0) is 15.5. The number of ether oxygens (including phenoxy) is 2. The standard InChI is InChI=1S/C16H17F2NO3/c1-19-7-6-15(5-4-11(20)9-14(15)19)10-2-3-12-13(8-10)22-16(17,18)21-12/h2-3,8,14H,4-7,9H2,1H3/t14-,15-/m0/s1. The number of ketones is 1. The number of hydrogen-bond acceptors (Lipinski definition) is 4. The quantitative estimate of drug-likeness (QED) is 0.799. The Hall–Kier alpha value is -1.69. The normalized spacial score (nSPS) is 33.0. The number of Topliss-reactive ketones (excluding diaryl/α,β-unsaturated/α-hetero) is 1. The molecule has 2 aliphatic heterocycles. The van der Waals surface area contributed by atoms with E-state index in [1.807, 2.05) is 13.1 Å². The van der Waals surface area contributed by atoms with Crippen molar-refractivity contribution in [3.8, 4) is 11.5 Å². The third-order valence-corrected chi connectivity index (χ3v) is 5.33. The van der Waals surface area contributed by atoms with Gasteiger partial charge in [0.25, 0.3) is 0 Å². The molecule has 6 heteroatoms. The lowest BCUT2D eigenvalue weighted by Gasteiger charge is -2.41. The van der Waals surface area contributed by atoms with E-state index in [-0.39, 0.29) is 28.7 Å². The van der Waals surface area contributed by atoms with Crippen molar-refractivity contribution in [1.29, 1.82) is 0 Å². The summed E-state index contributed by atoms with van der Waals surface area (Å²) in [5.74, 6) is 0.434. The van der Waals surface area contributed by atoms with Gasteiger partial charge in [-0.2, -0.15) is 0 Å². The van der Waals surface area contributed by atoms with E-state index in [1.54, 1.807) is 12.1 Å². The van der Waals surface area contributed by atoms with Crippen LogP contribution < -0.4 is 9.47 Å². The van der Waals surface area contributed by atoms with Gasteiger partial charge < -0.3 is 14.4 Å². The summed E-state index contributed by atoms with van der Waals surface area (Å²) >= 11 is 0. The van der Waals surface area contributed by atoms with E-state index in [0.717, 1.165) is 24.9 Å². The molecule has 1 aliphatic carbocycles. The Kier molecular flexibility index (Phi) is 2.79. The zero-order valence-electron chi connectivity index (χ0n) is 12.3. The number of hydrogen-bond donors (Lipinski definition) is 0. The van der Waals surface area contributed by atoms with Crippen LogP contribution in [0.2, 0.25) is 0 Å². The molecule has 2 fully saturated rings. The highest BCUT2D eigenvalue weighted by molar-refractivity contribution is 5.81. The second-order valence-corrected chi connectivity index (χ2v) is 6.47. The number of rotatable bonds is 1. The molecule has 118 valence electrons. The van der Waals surface area contributed by atoms with Crippen molar-refractivity contribution < 1.29 is 23.0 Å². The molecule has 22 heavy (non-hydrogen) atoms. The van der Waals surface area contributed by atoms with E-state index in [0.29, 0.717) is 12.8 Å². The number of carbonyl (C=O) groups is 1. The maximum atomic E-state index is 13.2. The fourth-order valence-corrected chi connectivity index (χ4v) is 4.18. The highest BCUT2D eigenvalue weighted by atomic mass is 19.3. The molecule has 2 atom stereocenters. The molecule has 0 amide bonds. The number of likely N-dealkylation sites (N-methyl/N-ethyl adjacent to an activating group) is 1. The maximum absolute atomic E-state index is 13.2. The van der Waals surface area contributed by atoms with Gasteiger partial charge in [0.05, 0.1) is 0 Å². The molecule has 1 saturated carbocycles. The smallest absolute Gasteiger partial charge is 0.395 e. The average Bonchev–Trinajstić information content (AvgIpc) is 2.95. The van der Waals surface area contributed by atoms with Crippen LogP contribution in [-0.4, -0.2) is 36.6 Å². The fourth-order valence-electron chi connectivity index (χ4n) is 4.18. The second kappa shape index (κ2) is 4.41. The first-order chi connectivity index (χ1) is 10.4. The predicted molar refractivity (Wildman–Crippen MR) is 74.2 cm³/mol. The highest BCUT2D eigenvalue weighted by Gasteiger charge is 2.51. The number of carbonyl (C=O) groups excluding carboxylic acids is 1. The molecule has 1 aromatic carbocycles. The number of benzene rings is 1. The van der Waals surface area contributed by atoms with Crippen molar-refractivity contribution in [2.75, 3.05) is 13.6 Å². The van der Waals surface area contributed by atoms with Crippen LogP contribution in [0, 0.1) is 0 Å². The van der Waals surface area contributed by atoms with Crippen LogP contribution in [0.1, 0.15) is 31.2 Å². The van der Waals surface area contributed by atoms with Gasteiger partial charge in [0.1, 0.15) is 5.78 Å². The molecule has 4 rings (SSSR count). The van der Waals surface area contributed by atoms with Crippen molar-refractivity contribution in [1.82, 2.24) is 4.90 Å². The average molecular weight is 309 g/mol. The zero-order valence-corrected chi connectivity index (χ0v) is 12.3. The van der Waals surface area contributed by atoms with E-state index in [2.05, 4.69) is 14.4 Å². The van der Waals surface area contributed by atoms with Crippen LogP contribution in [-0.2, 0) is 10.2 Å². The van der Waals surface area contributed by atoms with Gasteiger partial charge in [-0.3, -0.25) is 4.79 Å². The van der Waals surface area contributed by atoms with Gasteiger partial charge in [0.2, 0.25) is 0 Å². The van der Waals surface area contributed by atoms with E-state index in [1.165, 1.54) is 0 Å². The van der Waals surface area contributed by atoms with E-state index in [4.69, 9.17) is 0 Å². The Labute approximate surface area is 127 Å². The number of nitrogens with zero attached hydrogens (tertiary/aromatic N) is 1. The number of likely N-dealkylation sites (tertiary alicyclic amines) is 1. The number of halogens is 2. The van der Waals surface area contributed by atoms with E-state index >= 15 is 0 Å². The molecule has 1 aromatic rings. The minimum Gasteiger partial charge on any atom is -0.395 e. The summed E-state index contributed by atoms with van der Waals surface area (Å²) in [6.45, 7) is 0.905. The van der Waals surface area contributed by atoms with Crippen LogP contribution in [0.5, 0.6) is 11.5 Å². The van der Waals surface area contributed by atoms with E-state index in [9.17, 15) is 13.6 Å². The molecule has 3 aliphatic rings. The van der Waals surface area contributed by atoms with Gasteiger partial charge in [-0.25, -0.2) is 0 Å². The Bertz CT molecular complexity index is 648. The summed E-state index contributed by atoms with van der Waals surface area (Å²) in [6, 6.07) is 5.19. The lowest BCUT2D eigenvalue weighted by molar-refractivity contribution is -0.286. The minimum atomic E-state index is -3.59. The molecule has 0 N–H and O–H groups in total. The third kappa shape index (κ3) is 1.93. The monoisotopic (exact) mass is 309 g/mol. The minimum absolute atomic E-state index is 0.0694. The first-order valence-electron chi connectivity index (χ1n) is 7.52. The Morgan fingerprint density at radius 1 is 1.23 bits per heavy atom. The Balaban J connectivity index is 1.74. The fraction of sp³-hybridized carbons (Fsp3) is 0.562. The first kappa shape index (κ1) is 13.9. The van der Waals surface area contributed by atoms with Crippen molar-refractivity contribution in [2.45, 2.75) is 43.4 Å². The van der Waals surface area contributed by atoms with E-state index < -0.39 is 6.29 Å². The molecule has 2 heterocycles. The SMILES string of the molecule is CN1CC[C@]2(c3ccc4c(c3)OC(F)(F)O4)CCC(=O)C[C@H]12. The van der Waals surface area contributed by atoms with Crippen LogP contribution in [0.25, 0.3) is 0 Å². The summed E-state index contributed by atoms with van der Waals surface area (Å²) in [6.07, 6.45) is -0.822. The third-order valence-electron chi connectivity index (χ3n) is 5.33. The predicted octanol–water partition coefficient (Wildman–Crippen LogP) is 2.70. The van der Waals surface area contributed by atoms with Crippen molar-refractivity contribution in [2.24, 2.45) is 0 Å². The summed E-state index contributed by atoms with van der Waals surface area (Å²) in [4.78, 5) is 14.0. The van der Waals surface area contributed by atoms with Gasteiger partial charge in [-0.05, 0) is 44.1 Å². The second-order valence-electron chi connectivity index (χ2n) is 6.47. The molecule has 4 nitrogen and oxygen atoms in total. The van der Waals surface area contributed by atoms with Gasteiger partial charge in [-0.15, -0.1) is 8.78 Å². The van der Waals surface area contributed by atoms with Crippen LogP contribution >= 0.6 is 0 Å². The summed E-state index contributed by atoms with van der Waals surface area (Å²) in [7, 11) is 2.02. The molecule has 0 bridgehead atoms. The molecule has 0 unspecified atom stereocenters. The van der Waals surface area contributed by atoms with Crippen LogP contribution in [0.4, 0.5) is 8.78 Å². The lowest BCUT2D eigenvalue weighted by Crippen LogP contribution is -2.46.